The summed E-state index contributed by atoms with van der Waals surface area (Å²) in [6.07, 6.45) is 10.1. The van der Waals surface area contributed by atoms with Gasteiger partial charge in [0.15, 0.2) is 11.5 Å². The van der Waals surface area contributed by atoms with E-state index in [1.165, 1.54) is 24.6 Å². The third-order valence-corrected chi connectivity index (χ3v) is 5.28. The van der Waals surface area contributed by atoms with Gasteiger partial charge in [-0.2, -0.15) is 5.26 Å². The van der Waals surface area contributed by atoms with E-state index >= 15 is 0 Å². The molecule has 0 N–H and O–H groups in total. The number of carbonyl (C=O) groups is 1. The van der Waals surface area contributed by atoms with E-state index in [2.05, 4.69) is 21.0 Å². The summed E-state index contributed by atoms with van der Waals surface area (Å²) < 4.78 is 0. The van der Waals surface area contributed by atoms with Crippen molar-refractivity contribution in [3.63, 3.8) is 0 Å². The van der Waals surface area contributed by atoms with Gasteiger partial charge in [-0.3, -0.25) is 9.78 Å². The minimum absolute atomic E-state index is 0.0392. The van der Waals surface area contributed by atoms with Crippen molar-refractivity contribution in [2.75, 3.05) is 31.1 Å². The van der Waals surface area contributed by atoms with Crippen LogP contribution in [0.1, 0.15) is 46.6 Å². The molecular formula is C20H22N6O. The summed E-state index contributed by atoms with van der Waals surface area (Å²) in [6.45, 7) is 2.67. The average Bonchev–Trinajstić information content (AvgIpc) is 2.99. The van der Waals surface area contributed by atoms with E-state index in [9.17, 15) is 10.1 Å². The van der Waals surface area contributed by atoms with Gasteiger partial charge in [0, 0.05) is 50.5 Å². The summed E-state index contributed by atoms with van der Waals surface area (Å²) in [4.78, 5) is 29.9. The molecule has 1 aliphatic heterocycles. The van der Waals surface area contributed by atoms with E-state index in [0.29, 0.717) is 36.7 Å². The molecule has 2 aromatic heterocycles. The zero-order valence-corrected chi connectivity index (χ0v) is 15.3. The van der Waals surface area contributed by atoms with Gasteiger partial charge in [-0.05, 0) is 43.7 Å². The van der Waals surface area contributed by atoms with E-state index in [-0.39, 0.29) is 5.91 Å². The van der Waals surface area contributed by atoms with Crippen LogP contribution in [0.5, 0.6) is 0 Å². The van der Waals surface area contributed by atoms with Gasteiger partial charge in [-0.15, -0.1) is 0 Å². The Morgan fingerprint density at radius 2 is 1.85 bits per heavy atom. The highest BCUT2D eigenvalue weighted by atomic mass is 16.2. The predicted octanol–water partition coefficient (Wildman–Crippen LogP) is 1.97. The number of amides is 1. The second kappa shape index (κ2) is 7.70. The number of nitriles is 1. The second-order valence-electron chi connectivity index (χ2n) is 7.01. The van der Waals surface area contributed by atoms with Crippen molar-refractivity contribution in [2.45, 2.75) is 32.1 Å². The van der Waals surface area contributed by atoms with Crippen LogP contribution in [0, 0.1) is 11.3 Å². The molecule has 7 nitrogen and oxygen atoms in total. The molecule has 2 aliphatic rings. The summed E-state index contributed by atoms with van der Waals surface area (Å²) in [5.74, 6) is 0.641. The average molecular weight is 362 g/mol. The Hall–Kier alpha value is -3.01. The monoisotopic (exact) mass is 362 g/mol. The van der Waals surface area contributed by atoms with Gasteiger partial charge in [0.05, 0.1) is 5.56 Å². The SMILES string of the molecule is N#Cc1nccnc1N1CCCN(C(=O)c2cnc3c(c2)CCCC3)CC1. The molecule has 1 fully saturated rings. The third-order valence-electron chi connectivity index (χ3n) is 5.28. The highest BCUT2D eigenvalue weighted by Gasteiger charge is 2.23. The van der Waals surface area contributed by atoms with Crippen molar-refractivity contribution in [2.24, 2.45) is 0 Å². The van der Waals surface area contributed by atoms with Crippen molar-refractivity contribution in [1.29, 1.82) is 5.26 Å². The van der Waals surface area contributed by atoms with Crippen molar-refractivity contribution in [1.82, 2.24) is 19.9 Å². The fourth-order valence-electron chi connectivity index (χ4n) is 3.86. The first-order chi connectivity index (χ1) is 13.3. The first-order valence-corrected chi connectivity index (χ1v) is 9.49. The molecule has 0 aromatic carbocycles. The first kappa shape index (κ1) is 17.4. The fourth-order valence-corrected chi connectivity index (χ4v) is 3.86. The fraction of sp³-hybridized carbons (Fsp3) is 0.450. The molecule has 4 rings (SSSR count). The topological polar surface area (TPSA) is 86.0 Å². The molecule has 0 atom stereocenters. The number of aryl methyl sites for hydroxylation is 2. The summed E-state index contributed by atoms with van der Waals surface area (Å²) in [5, 5.41) is 9.25. The molecule has 138 valence electrons. The Kier molecular flexibility index (Phi) is 4.97. The van der Waals surface area contributed by atoms with Crippen LogP contribution in [0.25, 0.3) is 0 Å². The molecule has 27 heavy (non-hydrogen) atoms. The first-order valence-electron chi connectivity index (χ1n) is 9.49. The molecule has 0 saturated carbocycles. The van der Waals surface area contributed by atoms with Crippen molar-refractivity contribution < 1.29 is 4.79 Å². The normalized spacial score (nSPS) is 17.0. The van der Waals surface area contributed by atoms with E-state index in [1.807, 2.05) is 15.9 Å². The molecule has 0 unspecified atom stereocenters. The smallest absolute Gasteiger partial charge is 0.255 e. The highest BCUT2D eigenvalue weighted by molar-refractivity contribution is 5.94. The molecule has 3 heterocycles. The minimum atomic E-state index is 0.0392. The number of aromatic nitrogens is 3. The zero-order chi connectivity index (χ0) is 18.6. The predicted molar refractivity (Wildman–Crippen MR) is 100 cm³/mol. The van der Waals surface area contributed by atoms with Gasteiger partial charge in [-0.1, -0.05) is 0 Å². The van der Waals surface area contributed by atoms with Crippen LogP contribution in [-0.4, -0.2) is 51.9 Å². The molecule has 0 spiro atoms. The largest absolute Gasteiger partial charge is 0.352 e. The summed E-state index contributed by atoms with van der Waals surface area (Å²) in [6, 6.07) is 4.13. The summed E-state index contributed by atoms with van der Waals surface area (Å²) in [5.41, 5.74) is 3.38. The number of carbonyl (C=O) groups excluding carboxylic acids is 1. The number of pyridine rings is 1. The number of fused-ring (bicyclic) bond motifs is 1. The Morgan fingerprint density at radius 1 is 1.00 bits per heavy atom. The van der Waals surface area contributed by atoms with E-state index < -0.39 is 0 Å². The van der Waals surface area contributed by atoms with Gasteiger partial charge >= 0.3 is 0 Å². The number of hydrogen-bond acceptors (Lipinski definition) is 6. The summed E-state index contributed by atoms with van der Waals surface area (Å²) in [7, 11) is 0. The van der Waals surface area contributed by atoms with Gasteiger partial charge in [-0.25, -0.2) is 9.97 Å². The number of anilines is 1. The van der Waals surface area contributed by atoms with Gasteiger partial charge in [0.2, 0.25) is 0 Å². The third kappa shape index (κ3) is 3.61. The molecule has 1 amide bonds. The van der Waals surface area contributed by atoms with E-state index in [1.54, 1.807) is 12.4 Å². The molecule has 2 aromatic rings. The lowest BCUT2D eigenvalue weighted by Crippen LogP contribution is -2.35. The van der Waals surface area contributed by atoms with Crippen LogP contribution < -0.4 is 4.90 Å². The lowest BCUT2D eigenvalue weighted by molar-refractivity contribution is 0.0766. The Balaban J connectivity index is 1.48. The Morgan fingerprint density at radius 3 is 2.74 bits per heavy atom. The molecule has 1 saturated heterocycles. The maximum atomic E-state index is 13.0. The number of rotatable bonds is 2. The zero-order valence-electron chi connectivity index (χ0n) is 15.3. The van der Waals surface area contributed by atoms with Crippen molar-refractivity contribution >= 4 is 11.7 Å². The highest BCUT2D eigenvalue weighted by Crippen LogP contribution is 2.22. The quantitative estimate of drug-likeness (QED) is 0.812. The molecule has 0 radical (unpaired) electrons. The van der Waals surface area contributed by atoms with Crippen molar-refractivity contribution in [3.05, 3.63) is 47.2 Å². The maximum Gasteiger partial charge on any atom is 0.255 e. The van der Waals surface area contributed by atoms with Crippen LogP contribution in [0.2, 0.25) is 0 Å². The van der Waals surface area contributed by atoms with Crippen LogP contribution >= 0.6 is 0 Å². The van der Waals surface area contributed by atoms with Crippen LogP contribution in [0.15, 0.2) is 24.7 Å². The molecule has 0 bridgehead atoms. The number of nitrogens with zero attached hydrogens (tertiary/aromatic N) is 6. The van der Waals surface area contributed by atoms with Gasteiger partial charge < -0.3 is 9.80 Å². The maximum absolute atomic E-state index is 13.0. The van der Waals surface area contributed by atoms with Gasteiger partial charge in [0.1, 0.15) is 6.07 Å². The minimum Gasteiger partial charge on any atom is -0.352 e. The molecular weight excluding hydrogens is 340 g/mol. The Bertz CT molecular complexity index is 890. The van der Waals surface area contributed by atoms with Gasteiger partial charge in [0.25, 0.3) is 5.91 Å². The lowest BCUT2D eigenvalue weighted by Gasteiger charge is -2.23. The van der Waals surface area contributed by atoms with Crippen molar-refractivity contribution in [3.8, 4) is 6.07 Å². The van der Waals surface area contributed by atoms with Crippen LogP contribution in [-0.2, 0) is 12.8 Å². The van der Waals surface area contributed by atoms with E-state index in [4.69, 9.17) is 0 Å². The standard InChI is InChI=1S/C20H22N6O/c21-13-18-19(23-7-6-22-18)25-8-3-9-26(11-10-25)20(27)16-12-15-4-1-2-5-17(15)24-14-16/h6-7,12,14H,1-5,8-11H2. The lowest BCUT2D eigenvalue weighted by atomic mass is 9.95. The summed E-state index contributed by atoms with van der Waals surface area (Å²) >= 11 is 0. The van der Waals surface area contributed by atoms with Crippen LogP contribution in [0.3, 0.4) is 0 Å². The Labute approximate surface area is 158 Å². The number of hydrogen-bond donors (Lipinski definition) is 0. The molecule has 7 heteroatoms. The molecule has 1 aliphatic carbocycles. The second-order valence-corrected chi connectivity index (χ2v) is 7.01. The van der Waals surface area contributed by atoms with E-state index in [0.717, 1.165) is 31.5 Å². The van der Waals surface area contributed by atoms with Crippen LogP contribution in [0.4, 0.5) is 5.82 Å².